The predicted molar refractivity (Wildman–Crippen MR) is 61.7 cm³/mol. The zero-order chi connectivity index (χ0) is 13.0. The molecule has 0 aliphatic heterocycles. The second-order valence-corrected chi connectivity index (χ2v) is 3.55. The molecule has 0 bridgehead atoms. The number of hydrogen-bond donors (Lipinski definition) is 2. The first-order valence-electron chi connectivity index (χ1n) is 4.86. The minimum Gasteiger partial charge on any atom is -0.478 e. The number of aromatic carboxylic acids is 1. The Kier molecular flexibility index (Phi) is 3.92. The van der Waals surface area contributed by atoms with Crippen molar-refractivity contribution in [2.75, 3.05) is 19.9 Å². The highest BCUT2D eigenvalue weighted by molar-refractivity contribution is 5.93. The molecule has 0 aliphatic carbocycles. The van der Waals surface area contributed by atoms with Crippen molar-refractivity contribution in [2.45, 2.75) is 6.54 Å². The van der Waals surface area contributed by atoms with E-state index >= 15 is 0 Å². The normalized spacial score (nSPS) is 9.76. The van der Waals surface area contributed by atoms with Crippen molar-refractivity contribution >= 4 is 17.7 Å². The number of nitrogen functional groups attached to an aromatic ring is 1. The monoisotopic (exact) mass is 238 g/mol. The molecule has 0 fully saturated rings. The van der Waals surface area contributed by atoms with Crippen LogP contribution in [0.5, 0.6) is 0 Å². The number of hydrogen-bond acceptors (Lipinski definition) is 4. The Morgan fingerprint density at radius 1 is 1.47 bits per heavy atom. The highest BCUT2D eigenvalue weighted by Crippen LogP contribution is 2.15. The molecule has 0 aliphatic rings. The van der Waals surface area contributed by atoms with E-state index in [4.69, 9.17) is 10.8 Å². The minimum absolute atomic E-state index is 0.0285. The number of carboxylic acid groups (broad SMARTS) is 1. The largest absolute Gasteiger partial charge is 0.478 e. The molecule has 17 heavy (non-hydrogen) atoms. The van der Waals surface area contributed by atoms with Crippen molar-refractivity contribution < 1.29 is 19.4 Å². The van der Waals surface area contributed by atoms with E-state index in [0.29, 0.717) is 5.56 Å². The molecule has 0 unspecified atom stereocenters. The molecule has 0 spiro atoms. The maximum atomic E-state index is 11.2. The Bertz CT molecular complexity index is 445. The molecule has 0 saturated heterocycles. The van der Waals surface area contributed by atoms with Gasteiger partial charge in [-0.1, -0.05) is 6.07 Å². The van der Waals surface area contributed by atoms with E-state index in [2.05, 4.69) is 4.74 Å². The third-order valence-electron chi connectivity index (χ3n) is 2.25. The number of amides is 1. The van der Waals surface area contributed by atoms with Crippen LogP contribution in [-0.4, -0.2) is 36.2 Å². The van der Waals surface area contributed by atoms with E-state index in [9.17, 15) is 9.59 Å². The highest BCUT2D eigenvalue weighted by atomic mass is 16.5. The van der Waals surface area contributed by atoms with Crippen LogP contribution in [-0.2, 0) is 11.3 Å². The van der Waals surface area contributed by atoms with Gasteiger partial charge in [-0.05, 0) is 17.7 Å². The maximum Gasteiger partial charge on any atom is 0.409 e. The summed E-state index contributed by atoms with van der Waals surface area (Å²) < 4.78 is 4.53. The lowest BCUT2D eigenvalue weighted by atomic mass is 10.1. The van der Waals surface area contributed by atoms with Crippen LogP contribution in [0.1, 0.15) is 15.9 Å². The molecular formula is C11H14N2O4. The number of nitrogens with two attached hydrogens (primary N) is 1. The van der Waals surface area contributed by atoms with Gasteiger partial charge in [-0.3, -0.25) is 0 Å². The first-order valence-corrected chi connectivity index (χ1v) is 4.86. The third kappa shape index (κ3) is 3.10. The van der Waals surface area contributed by atoms with Gasteiger partial charge in [0.15, 0.2) is 0 Å². The summed E-state index contributed by atoms with van der Waals surface area (Å²) in [6.45, 7) is 0.257. The smallest absolute Gasteiger partial charge is 0.409 e. The number of carboxylic acids is 1. The van der Waals surface area contributed by atoms with Gasteiger partial charge in [0, 0.05) is 19.3 Å². The van der Waals surface area contributed by atoms with Gasteiger partial charge in [0.25, 0.3) is 0 Å². The molecule has 1 aromatic carbocycles. The number of methoxy groups -OCH3 is 1. The molecule has 0 aromatic heterocycles. The molecule has 6 nitrogen and oxygen atoms in total. The molecule has 1 rings (SSSR count). The van der Waals surface area contributed by atoms with Gasteiger partial charge in [-0.2, -0.15) is 0 Å². The van der Waals surface area contributed by atoms with E-state index in [1.807, 2.05) is 0 Å². The lowest BCUT2D eigenvalue weighted by Crippen LogP contribution is -2.25. The topological polar surface area (TPSA) is 92.9 Å². The maximum absolute atomic E-state index is 11.2. The Hall–Kier alpha value is -2.24. The van der Waals surface area contributed by atoms with Gasteiger partial charge < -0.3 is 20.5 Å². The fourth-order valence-electron chi connectivity index (χ4n) is 1.38. The van der Waals surface area contributed by atoms with Crippen LogP contribution >= 0.6 is 0 Å². The van der Waals surface area contributed by atoms with Gasteiger partial charge in [0.2, 0.25) is 0 Å². The predicted octanol–water partition coefficient (Wildman–Crippen LogP) is 1.17. The summed E-state index contributed by atoms with van der Waals surface area (Å²) in [5, 5.41) is 8.89. The van der Waals surface area contributed by atoms with Crippen LogP contribution in [0.3, 0.4) is 0 Å². The molecule has 0 atom stereocenters. The molecule has 92 valence electrons. The van der Waals surface area contributed by atoms with Crippen molar-refractivity contribution in [1.82, 2.24) is 4.90 Å². The average Bonchev–Trinajstić information content (AvgIpc) is 2.30. The van der Waals surface area contributed by atoms with Crippen molar-refractivity contribution in [3.8, 4) is 0 Å². The van der Waals surface area contributed by atoms with Crippen LogP contribution in [0.2, 0.25) is 0 Å². The molecule has 1 aromatic rings. The summed E-state index contributed by atoms with van der Waals surface area (Å²) in [4.78, 5) is 23.4. The minimum atomic E-state index is -1.09. The molecule has 0 heterocycles. The Balaban J connectivity index is 2.90. The molecule has 3 N–H and O–H groups in total. The van der Waals surface area contributed by atoms with Crippen LogP contribution in [0.15, 0.2) is 18.2 Å². The van der Waals surface area contributed by atoms with Crippen LogP contribution in [0, 0.1) is 0 Å². The number of anilines is 1. The first kappa shape index (κ1) is 12.8. The summed E-state index contributed by atoms with van der Waals surface area (Å²) in [6, 6.07) is 4.61. The fraction of sp³-hybridized carbons (Fsp3) is 0.273. The summed E-state index contributed by atoms with van der Waals surface area (Å²) in [6.07, 6.45) is -0.487. The third-order valence-corrected chi connectivity index (χ3v) is 2.25. The van der Waals surface area contributed by atoms with Gasteiger partial charge in [0.1, 0.15) is 0 Å². The number of nitrogens with zero attached hydrogens (tertiary/aromatic N) is 1. The lowest BCUT2D eigenvalue weighted by molar-refractivity contribution is 0.0698. The first-order chi connectivity index (χ1) is 7.95. The zero-order valence-corrected chi connectivity index (χ0v) is 9.64. The number of rotatable bonds is 3. The summed E-state index contributed by atoms with van der Waals surface area (Å²) in [5.41, 5.74) is 6.42. The fourth-order valence-corrected chi connectivity index (χ4v) is 1.38. The summed E-state index contributed by atoms with van der Waals surface area (Å²) in [7, 11) is 2.84. The van der Waals surface area contributed by atoms with E-state index in [1.165, 1.54) is 24.1 Å². The lowest BCUT2D eigenvalue weighted by Gasteiger charge is -2.15. The highest BCUT2D eigenvalue weighted by Gasteiger charge is 2.12. The summed E-state index contributed by atoms with van der Waals surface area (Å²) in [5.74, 6) is -1.09. The number of carbonyl (C=O) groups excluding carboxylic acids is 1. The second-order valence-electron chi connectivity index (χ2n) is 3.55. The van der Waals surface area contributed by atoms with Crippen molar-refractivity contribution in [3.05, 3.63) is 29.3 Å². The van der Waals surface area contributed by atoms with Gasteiger partial charge in [-0.15, -0.1) is 0 Å². The average molecular weight is 238 g/mol. The second kappa shape index (κ2) is 5.20. The van der Waals surface area contributed by atoms with Crippen molar-refractivity contribution in [1.29, 1.82) is 0 Å². The van der Waals surface area contributed by atoms with Crippen molar-refractivity contribution in [2.24, 2.45) is 0 Å². The molecule has 0 saturated carbocycles. The van der Waals surface area contributed by atoms with Gasteiger partial charge >= 0.3 is 12.1 Å². The van der Waals surface area contributed by atoms with E-state index < -0.39 is 12.1 Å². The van der Waals surface area contributed by atoms with Crippen molar-refractivity contribution in [3.63, 3.8) is 0 Å². The van der Waals surface area contributed by atoms with Crippen LogP contribution in [0.25, 0.3) is 0 Å². The van der Waals surface area contributed by atoms with E-state index in [1.54, 1.807) is 13.1 Å². The van der Waals surface area contributed by atoms with Crippen LogP contribution < -0.4 is 5.73 Å². The Labute approximate surface area is 98.6 Å². The molecule has 6 heteroatoms. The SMILES string of the molecule is COC(=O)N(C)Cc1ccc(N)c(C(=O)O)c1. The number of benzene rings is 1. The number of ether oxygens (including phenoxy) is 1. The Morgan fingerprint density at radius 2 is 2.12 bits per heavy atom. The molecule has 1 amide bonds. The zero-order valence-electron chi connectivity index (χ0n) is 9.64. The van der Waals surface area contributed by atoms with E-state index in [0.717, 1.165) is 0 Å². The quantitative estimate of drug-likeness (QED) is 0.771. The van der Waals surface area contributed by atoms with Gasteiger partial charge in [0.05, 0.1) is 12.7 Å². The van der Waals surface area contributed by atoms with Crippen LogP contribution in [0.4, 0.5) is 10.5 Å². The molecular weight excluding hydrogens is 224 g/mol. The number of carbonyl (C=O) groups is 2. The van der Waals surface area contributed by atoms with E-state index in [-0.39, 0.29) is 17.8 Å². The molecule has 0 radical (unpaired) electrons. The standard InChI is InChI=1S/C11H14N2O4/c1-13(11(16)17-2)6-7-3-4-9(12)8(5-7)10(14)15/h3-5H,6,12H2,1-2H3,(H,14,15). The summed E-state index contributed by atoms with van der Waals surface area (Å²) >= 11 is 0. The Morgan fingerprint density at radius 3 is 2.65 bits per heavy atom. The van der Waals surface area contributed by atoms with Gasteiger partial charge in [-0.25, -0.2) is 9.59 Å².